The molecule has 1 heterocycles. The van der Waals surface area contributed by atoms with Crippen molar-refractivity contribution >= 4 is 11.6 Å². The SMILES string of the molecule is C=C(CCl)CN1CCCC(OCCC)C1. The number of likely N-dealkylation sites (tertiary alicyclic amines) is 1. The summed E-state index contributed by atoms with van der Waals surface area (Å²) in [7, 11) is 0. The van der Waals surface area contributed by atoms with Gasteiger partial charge in [0.2, 0.25) is 0 Å². The lowest BCUT2D eigenvalue weighted by Crippen LogP contribution is -2.40. The molecule has 0 N–H and O–H groups in total. The summed E-state index contributed by atoms with van der Waals surface area (Å²) in [6.07, 6.45) is 3.94. The predicted molar refractivity (Wildman–Crippen MR) is 65.6 cm³/mol. The Bertz CT molecular complexity index is 196. The van der Waals surface area contributed by atoms with E-state index in [4.69, 9.17) is 16.3 Å². The fraction of sp³-hybridized carbons (Fsp3) is 0.833. The third kappa shape index (κ3) is 5.01. The van der Waals surface area contributed by atoms with E-state index in [1.165, 1.54) is 12.8 Å². The second kappa shape index (κ2) is 7.26. The molecule has 0 spiro atoms. The molecule has 1 aliphatic rings. The highest BCUT2D eigenvalue weighted by Crippen LogP contribution is 2.14. The number of nitrogens with zero attached hydrogens (tertiary/aromatic N) is 1. The van der Waals surface area contributed by atoms with Crippen LogP contribution >= 0.6 is 11.6 Å². The summed E-state index contributed by atoms with van der Waals surface area (Å²) < 4.78 is 5.77. The van der Waals surface area contributed by atoms with E-state index in [1.54, 1.807) is 0 Å². The first kappa shape index (κ1) is 13.0. The lowest BCUT2D eigenvalue weighted by molar-refractivity contribution is 0.00251. The van der Waals surface area contributed by atoms with Gasteiger partial charge in [-0.3, -0.25) is 4.90 Å². The highest BCUT2D eigenvalue weighted by molar-refractivity contribution is 6.19. The first-order chi connectivity index (χ1) is 7.26. The minimum absolute atomic E-state index is 0.418. The quantitative estimate of drug-likeness (QED) is 0.515. The maximum Gasteiger partial charge on any atom is 0.0702 e. The predicted octanol–water partition coefficient (Wildman–Crippen LogP) is 2.67. The molecule has 1 aliphatic heterocycles. The minimum Gasteiger partial charge on any atom is -0.377 e. The van der Waals surface area contributed by atoms with Crippen LogP contribution in [0.3, 0.4) is 0 Å². The maximum atomic E-state index is 5.77. The molecule has 1 fully saturated rings. The normalized spacial score (nSPS) is 22.9. The monoisotopic (exact) mass is 231 g/mol. The average molecular weight is 232 g/mol. The van der Waals surface area contributed by atoms with Crippen LogP contribution in [0.4, 0.5) is 0 Å². The van der Waals surface area contributed by atoms with Crippen molar-refractivity contribution < 1.29 is 4.74 Å². The average Bonchev–Trinajstić information content (AvgIpc) is 2.26. The standard InChI is InChI=1S/C12H22ClNO/c1-3-7-15-12-5-4-6-14(10-12)9-11(2)8-13/h12H,2-10H2,1H3. The maximum absolute atomic E-state index is 5.77. The first-order valence-corrected chi connectivity index (χ1v) is 6.36. The Morgan fingerprint density at radius 3 is 3.07 bits per heavy atom. The summed E-state index contributed by atoms with van der Waals surface area (Å²) in [6, 6.07) is 0. The van der Waals surface area contributed by atoms with Crippen LogP contribution in [0, 0.1) is 0 Å². The highest BCUT2D eigenvalue weighted by atomic mass is 35.5. The van der Waals surface area contributed by atoms with Gasteiger partial charge in [0.25, 0.3) is 0 Å². The Labute approximate surface area is 98.2 Å². The molecule has 2 nitrogen and oxygen atoms in total. The summed E-state index contributed by atoms with van der Waals surface area (Å²) >= 11 is 5.73. The van der Waals surface area contributed by atoms with Crippen molar-refractivity contribution in [3.8, 4) is 0 Å². The first-order valence-electron chi connectivity index (χ1n) is 5.82. The summed E-state index contributed by atoms with van der Waals surface area (Å²) in [4.78, 5) is 2.40. The Morgan fingerprint density at radius 1 is 1.60 bits per heavy atom. The largest absolute Gasteiger partial charge is 0.377 e. The molecule has 0 aromatic rings. The summed E-state index contributed by atoms with van der Waals surface area (Å²) in [5.74, 6) is 0.566. The second-order valence-electron chi connectivity index (χ2n) is 4.25. The number of piperidine rings is 1. The molecule has 0 bridgehead atoms. The molecule has 0 amide bonds. The molecule has 0 aromatic carbocycles. The van der Waals surface area contributed by atoms with Crippen LogP contribution < -0.4 is 0 Å². The van der Waals surface area contributed by atoms with E-state index in [-0.39, 0.29) is 0 Å². The van der Waals surface area contributed by atoms with E-state index in [2.05, 4.69) is 18.4 Å². The van der Waals surface area contributed by atoms with Crippen molar-refractivity contribution in [3.63, 3.8) is 0 Å². The Morgan fingerprint density at radius 2 is 2.40 bits per heavy atom. The molecule has 0 aliphatic carbocycles. The van der Waals surface area contributed by atoms with Gasteiger partial charge in [0.1, 0.15) is 0 Å². The molecule has 1 rings (SSSR count). The van der Waals surface area contributed by atoms with Crippen LogP contribution in [0.25, 0.3) is 0 Å². The molecular weight excluding hydrogens is 210 g/mol. The molecule has 1 saturated heterocycles. The Balaban J connectivity index is 2.25. The van der Waals surface area contributed by atoms with Crippen molar-refractivity contribution in [2.75, 3.05) is 32.1 Å². The fourth-order valence-corrected chi connectivity index (χ4v) is 2.02. The topological polar surface area (TPSA) is 12.5 Å². The van der Waals surface area contributed by atoms with Crippen LogP contribution in [-0.2, 0) is 4.74 Å². The molecule has 0 radical (unpaired) electrons. The van der Waals surface area contributed by atoms with Gasteiger partial charge < -0.3 is 4.74 Å². The summed E-state index contributed by atoms with van der Waals surface area (Å²) in [5, 5.41) is 0. The van der Waals surface area contributed by atoms with Crippen LogP contribution in [0.5, 0.6) is 0 Å². The molecule has 0 aromatic heterocycles. The smallest absolute Gasteiger partial charge is 0.0702 e. The van der Waals surface area contributed by atoms with Gasteiger partial charge in [-0.1, -0.05) is 13.5 Å². The lowest BCUT2D eigenvalue weighted by Gasteiger charge is -2.32. The van der Waals surface area contributed by atoms with Gasteiger partial charge in [0.05, 0.1) is 6.10 Å². The van der Waals surface area contributed by atoms with Gasteiger partial charge in [0.15, 0.2) is 0 Å². The van der Waals surface area contributed by atoms with Crippen LogP contribution in [0.1, 0.15) is 26.2 Å². The molecule has 3 heteroatoms. The highest BCUT2D eigenvalue weighted by Gasteiger charge is 2.20. The van der Waals surface area contributed by atoms with Gasteiger partial charge >= 0.3 is 0 Å². The van der Waals surface area contributed by atoms with Crippen molar-refractivity contribution in [1.82, 2.24) is 4.90 Å². The van der Waals surface area contributed by atoms with E-state index in [0.29, 0.717) is 12.0 Å². The Kier molecular flexibility index (Phi) is 6.30. The minimum atomic E-state index is 0.418. The number of hydrogen-bond acceptors (Lipinski definition) is 2. The summed E-state index contributed by atoms with van der Waals surface area (Å²) in [6.45, 7) is 10.1. The van der Waals surface area contributed by atoms with E-state index in [0.717, 1.165) is 38.2 Å². The van der Waals surface area contributed by atoms with Gasteiger partial charge in [-0.15, -0.1) is 11.6 Å². The molecule has 1 atom stereocenters. The van der Waals surface area contributed by atoms with Gasteiger partial charge in [-0.25, -0.2) is 0 Å². The zero-order valence-corrected chi connectivity index (χ0v) is 10.4. The number of halogens is 1. The fourth-order valence-electron chi connectivity index (χ4n) is 1.94. The molecular formula is C12H22ClNO. The van der Waals surface area contributed by atoms with E-state index >= 15 is 0 Å². The Hall–Kier alpha value is -0.0500. The second-order valence-corrected chi connectivity index (χ2v) is 4.52. The number of rotatable bonds is 6. The van der Waals surface area contributed by atoms with Crippen molar-refractivity contribution in [2.45, 2.75) is 32.3 Å². The third-order valence-corrected chi connectivity index (χ3v) is 3.03. The third-order valence-electron chi connectivity index (χ3n) is 2.66. The molecule has 1 unspecified atom stereocenters. The van der Waals surface area contributed by atoms with Crippen LogP contribution in [0.15, 0.2) is 12.2 Å². The molecule has 15 heavy (non-hydrogen) atoms. The zero-order chi connectivity index (χ0) is 11.1. The van der Waals surface area contributed by atoms with Gasteiger partial charge in [0, 0.05) is 25.6 Å². The number of hydrogen-bond donors (Lipinski definition) is 0. The van der Waals surface area contributed by atoms with Gasteiger partial charge in [-0.05, 0) is 31.4 Å². The van der Waals surface area contributed by atoms with E-state index in [9.17, 15) is 0 Å². The number of alkyl halides is 1. The van der Waals surface area contributed by atoms with Crippen LogP contribution in [0.2, 0.25) is 0 Å². The molecule has 0 saturated carbocycles. The van der Waals surface area contributed by atoms with E-state index in [1.807, 2.05) is 0 Å². The van der Waals surface area contributed by atoms with Gasteiger partial charge in [-0.2, -0.15) is 0 Å². The van der Waals surface area contributed by atoms with Crippen molar-refractivity contribution in [1.29, 1.82) is 0 Å². The number of ether oxygens (including phenoxy) is 1. The molecule has 88 valence electrons. The van der Waals surface area contributed by atoms with Crippen molar-refractivity contribution in [2.24, 2.45) is 0 Å². The lowest BCUT2D eigenvalue weighted by atomic mass is 10.1. The summed E-state index contributed by atoms with van der Waals surface area (Å²) in [5.41, 5.74) is 1.10. The van der Waals surface area contributed by atoms with Crippen LogP contribution in [-0.4, -0.2) is 43.1 Å². The van der Waals surface area contributed by atoms with Crippen molar-refractivity contribution in [3.05, 3.63) is 12.2 Å². The van der Waals surface area contributed by atoms with E-state index < -0.39 is 0 Å². The zero-order valence-electron chi connectivity index (χ0n) is 9.67.